The lowest BCUT2D eigenvalue weighted by Crippen LogP contribution is -2.44. The minimum absolute atomic E-state index is 0.148. The van der Waals surface area contributed by atoms with E-state index in [1.54, 1.807) is 0 Å². The number of hydrogen-bond acceptors (Lipinski definition) is 4. The topological polar surface area (TPSA) is 151 Å². The number of aliphatic carboxylic acids is 1. The number of rotatable bonds is 5. The molecule has 1 unspecified atom stereocenters. The second-order valence-electron chi connectivity index (χ2n) is 2.74. The third-order valence-corrected chi connectivity index (χ3v) is 1.43. The molecule has 0 saturated heterocycles. The molecule has 13 heavy (non-hydrogen) atoms. The first kappa shape index (κ1) is 11.7. The van der Waals surface area contributed by atoms with Crippen LogP contribution in [0.15, 0.2) is 0 Å². The summed E-state index contributed by atoms with van der Waals surface area (Å²) >= 11 is 0. The van der Waals surface area contributed by atoms with Crippen LogP contribution < -0.4 is 22.5 Å². The fourth-order valence-corrected chi connectivity index (χ4v) is 0.751. The standard InChI is InChI=1S/C6H15N5O2/c7-3(2-11-6(9)10)1-4(8)5(12)13/h3-4H,1-2,7-8H2,(H,12,13)(H4,9,10,11)/t3?,4-/m0/s1. The number of carboxylic acid groups (broad SMARTS) is 1. The minimum Gasteiger partial charge on any atom is -0.480 e. The molecule has 0 bridgehead atoms. The van der Waals surface area contributed by atoms with Crippen molar-refractivity contribution >= 4 is 11.9 Å². The van der Waals surface area contributed by atoms with Gasteiger partial charge in [-0.1, -0.05) is 0 Å². The quantitative estimate of drug-likeness (QED) is 0.209. The van der Waals surface area contributed by atoms with Crippen LogP contribution in [-0.4, -0.2) is 35.7 Å². The Labute approximate surface area is 75.8 Å². The Hall–Kier alpha value is -1.34. The zero-order valence-corrected chi connectivity index (χ0v) is 7.16. The molecule has 0 rings (SSSR count). The summed E-state index contributed by atoms with van der Waals surface area (Å²) in [6.07, 6.45) is 0.148. The third kappa shape index (κ3) is 5.88. The number of carboxylic acids is 1. The fourth-order valence-electron chi connectivity index (χ4n) is 0.751. The summed E-state index contributed by atoms with van der Waals surface area (Å²) in [5.41, 5.74) is 15.7. The highest BCUT2D eigenvalue weighted by atomic mass is 16.4. The molecule has 0 aromatic carbocycles. The van der Waals surface area contributed by atoms with Crippen LogP contribution in [0.2, 0.25) is 0 Å². The number of guanidine groups is 1. The molecular formula is C6H15N5O2. The predicted octanol–water partition coefficient (Wildman–Crippen LogP) is -2.40. The number of hydrogen-bond donors (Lipinski definition) is 6. The Morgan fingerprint density at radius 1 is 1.54 bits per heavy atom. The molecule has 0 heterocycles. The largest absolute Gasteiger partial charge is 0.480 e. The van der Waals surface area contributed by atoms with Gasteiger partial charge in [0.05, 0.1) is 0 Å². The van der Waals surface area contributed by atoms with E-state index in [1.807, 2.05) is 0 Å². The van der Waals surface area contributed by atoms with E-state index in [1.165, 1.54) is 0 Å². The molecule has 7 heteroatoms. The fraction of sp³-hybridized carbons (Fsp3) is 0.667. The summed E-state index contributed by atoms with van der Waals surface area (Å²) in [7, 11) is 0. The number of carbonyl (C=O) groups is 1. The van der Waals surface area contributed by atoms with Crippen molar-refractivity contribution in [1.29, 1.82) is 5.41 Å². The Balaban J connectivity index is 3.67. The third-order valence-electron chi connectivity index (χ3n) is 1.43. The summed E-state index contributed by atoms with van der Waals surface area (Å²) in [5.74, 6) is -1.28. The average Bonchev–Trinajstić information content (AvgIpc) is 2.00. The molecule has 0 aliphatic heterocycles. The second-order valence-corrected chi connectivity index (χ2v) is 2.74. The van der Waals surface area contributed by atoms with Crippen LogP contribution in [0.3, 0.4) is 0 Å². The molecule has 0 saturated carbocycles. The van der Waals surface area contributed by atoms with Gasteiger partial charge in [-0.3, -0.25) is 10.2 Å². The predicted molar refractivity (Wildman–Crippen MR) is 48.1 cm³/mol. The van der Waals surface area contributed by atoms with Crippen molar-refractivity contribution < 1.29 is 9.90 Å². The normalized spacial score (nSPS) is 14.6. The van der Waals surface area contributed by atoms with E-state index in [-0.39, 0.29) is 18.9 Å². The maximum absolute atomic E-state index is 10.3. The molecule has 0 aromatic rings. The maximum Gasteiger partial charge on any atom is 0.320 e. The lowest BCUT2D eigenvalue weighted by molar-refractivity contribution is -0.138. The van der Waals surface area contributed by atoms with Crippen LogP contribution in [0.5, 0.6) is 0 Å². The molecule has 0 spiro atoms. The van der Waals surface area contributed by atoms with Crippen LogP contribution in [0.4, 0.5) is 0 Å². The van der Waals surface area contributed by atoms with E-state index in [4.69, 9.17) is 27.7 Å². The van der Waals surface area contributed by atoms with Crippen molar-refractivity contribution in [3.63, 3.8) is 0 Å². The van der Waals surface area contributed by atoms with Crippen LogP contribution in [0.1, 0.15) is 6.42 Å². The summed E-state index contributed by atoms with van der Waals surface area (Å²) in [5, 5.41) is 17.7. The zero-order valence-electron chi connectivity index (χ0n) is 7.16. The van der Waals surface area contributed by atoms with Crippen molar-refractivity contribution in [2.75, 3.05) is 6.54 Å². The maximum atomic E-state index is 10.3. The van der Waals surface area contributed by atoms with E-state index >= 15 is 0 Å². The molecular weight excluding hydrogens is 174 g/mol. The van der Waals surface area contributed by atoms with E-state index in [2.05, 4.69) is 5.32 Å². The van der Waals surface area contributed by atoms with Gasteiger partial charge in [0.1, 0.15) is 6.04 Å². The van der Waals surface area contributed by atoms with Gasteiger partial charge in [0, 0.05) is 12.6 Å². The molecule has 2 atom stereocenters. The summed E-state index contributed by atoms with van der Waals surface area (Å²) < 4.78 is 0. The molecule has 0 aliphatic rings. The highest BCUT2D eigenvalue weighted by Gasteiger charge is 2.15. The van der Waals surface area contributed by atoms with Gasteiger partial charge in [0.25, 0.3) is 0 Å². The van der Waals surface area contributed by atoms with Crippen LogP contribution >= 0.6 is 0 Å². The van der Waals surface area contributed by atoms with Crippen molar-refractivity contribution in [2.45, 2.75) is 18.5 Å². The van der Waals surface area contributed by atoms with Crippen LogP contribution in [-0.2, 0) is 4.79 Å². The molecule has 0 aliphatic carbocycles. The first-order chi connectivity index (χ1) is 5.93. The van der Waals surface area contributed by atoms with E-state index in [9.17, 15) is 4.79 Å². The van der Waals surface area contributed by atoms with Gasteiger partial charge >= 0.3 is 5.97 Å². The molecule has 0 aromatic heterocycles. The van der Waals surface area contributed by atoms with E-state index < -0.39 is 18.1 Å². The average molecular weight is 189 g/mol. The lowest BCUT2D eigenvalue weighted by atomic mass is 10.1. The zero-order chi connectivity index (χ0) is 10.4. The molecule has 76 valence electrons. The Kier molecular flexibility index (Phi) is 4.78. The molecule has 9 N–H and O–H groups in total. The highest BCUT2D eigenvalue weighted by molar-refractivity contribution is 5.74. The lowest BCUT2D eigenvalue weighted by Gasteiger charge is -2.14. The summed E-state index contributed by atoms with van der Waals surface area (Å²) in [6.45, 7) is 0.246. The summed E-state index contributed by atoms with van der Waals surface area (Å²) in [4.78, 5) is 10.3. The number of nitrogens with one attached hydrogen (secondary N) is 2. The van der Waals surface area contributed by atoms with Crippen molar-refractivity contribution in [1.82, 2.24) is 5.32 Å². The smallest absolute Gasteiger partial charge is 0.320 e. The summed E-state index contributed by atoms with van der Waals surface area (Å²) in [6, 6.07) is -1.39. The molecule has 7 nitrogen and oxygen atoms in total. The van der Waals surface area contributed by atoms with Gasteiger partial charge in [-0.15, -0.1) is 0 Å². The first-order valence-corrected chi connectivity index (χ1v) is 3.75. The molecule has 0 fully saturated rings. The van der Waals surface area contributed by atoms with Crippen LogP contribution in [0, 0.1) is 5.41 Å². The SMILES string of the molecule is N=C(N)NCC(N)C[C@H](N)C(=O)O. The van der Waals surface area contributed by atoms with Gasteiger partial charge in [0.15, 0.2) is 5.96 Å². The minimum atomic E-state index is -1.08. The van der Waals surface area contributed by atoms with Crippen molar-refractivity contribution in [2.24, 2.45) is 17.2 Å². The van der Waals surface area contributed by atoms with Gasteiger partial charge in [-0.2, -0.15) is 0 Å². The Bertz CT molecular complexity index is 195. The molecule has 0 amide bonds. The van der Waals surface area contributed by atoms with E-state index in [0.717, 1.165) is 0 Å². The Morgan fingerprint density at radius 2 is 2.08 bits per heavy atom. The van der Waals surface area contributed by atoms with Crippen molar-refractivity contribution in [3.05, 3.63) is 0 Å². The van der Waals surface area contributed by atoms with Crippen LogP contribution in [0.25, 0.3) is 0 Å². The van der Waals surface area contributed by atoms with Gasteiger partial charge in [0.2, 0.25) is 0 Å². The van der Waals surface area contributed by atoms with E-state index in [0.29, 0.717) is 0 Å². The molecule has 0 radical (unpaired) electrons. The van der Waals surface area contributed by atoms with Gasteiger partial charge in [-0.05, 0) is 6.42 Å². The highest BCUT2D eigenvalue weighted by Crippen LogP contribution is 1.92. The van der Waals surface area contributed by atoms with Gasteiger partial charge < -0.3 is 27.6 Å². The second kappa shape index (κ2) is 5.33. The first-order valence-electron chi connectivity index (χ1n) is 3.75. The van der Waals surface area contributed by atoms with Crippen molar-refractivity contribution in [3.8, 4) is 0 Å². The van der Waals surface area contributed by atoms with Gasteiger partial charge in [-0.25, -0.2) is 0 Å². The Morgan fingerprint density at radius 3 is 2.46 bits per heavy atom. The number of nitrogens with two attached hydrogens (primary N) is 3. The monoisotopic (exact) mass is 189 g/mol.